The minimum absolute atomic E-state index is 0.0773. The minimum Gasteiger partial charge on any atom is -0.493 e. The number of fused-ring (bicyclic) bond motifs is 1. The van der Waals surface area contributed by atoms with Crippen LogP contribution in [0.2, 0.25) is 5.02 Å². The molecule has 1 heterocycles. The lowest BCUT2D eigenvalue weighted by atomic mass is 10.1. The molecule has 4 heteroatoms. The number of aliphatic hydroxyl groups excluding tert-OH is 1. The molecule has 0 aliphatic carbocycles. The summed E-state index contributed by atoms with van der Waals surface area (Å²) in [4.78, 5) is 0. The van der Waals surface area contributed by atoms with Crippen molar-refractivity contribution in [3.8, 4) is 11.5 Å². The third-order valence-electron chi connectivity index (χ3n) is 3.60. The Morgan fingerprint density at radius 2 is 2.10 bits per heavy atom. The Kier molecular flexibility index (Phi) is 4.32. The molecule has 0 atom stereocenters. The fourth-order valence-corrected chi connectivity index (χ4v) is 2.68. The van der Waals surface area contributed by atoms with Gasteiger partial charge in [-0.1, -0.05) is 23.7 Å². The van der Waals surface area contributed by atoms with Gasteiger partial charge < -0.3 is 14.6 Å². The van der Waals surface area contributed by atoms with Crippen molar-refractivity contribution in [2.75, 3.05) is 13.2 Å². The molecular weight excluding hydrogens is 288 g/mol. The summed E-state index contributed by atoms with van der Waals surface area (Å²) in [6, 6.07) is 11.6. The molecular formula is C17H17ClO3. The standard InChI is InChI=1S/C17H17ClO3/c18-15-2-4-17(14(10-15)11-19)20-7-5-12-1-3-16-13(9-12)6-8-21-16/h1-4,9-10,19H,5-8,11H2. The maximum atomic E-state index is 9.31. The van der Waals surface area contributed by atoms with Crippen molar-refractivity contribution in [3.05, 3.63) is 58.1 Å². The van der Waals surface area contributed by atoms with Gasteiger partial charge in [0.1, 0.15) is 11.5 Å². The molecule has 3 rings (SSSR count). The maximum absolute atomic E-state index is 9.31. The van der Waals surface area contributed by atoms with Gasteiger partial charge in [0, 0.05) is 23.4 Å². The van der Waals surface area contributed by atoms with Crippen molar-refractivity contribution < 1.29 is 14.6 Å². The van der Waals surface area contributed by atoms with Gasteiger partial charge in [-0.2, -0.15) is 0 Å². The Labute approximate surface area is 129 Å². The summed E-state index contributed by atoms with van der Waals surface area (Å²) in [5.41, 5.74) is 3.22. The number of ether oxygens (including phenoxy) is 2. The second kappa shape index (κ2) is 6.37. The molecule has 2 aromatic rings. The lowest BCUT2D eigenvalue weighted by Gasteiger charge is -2.11. The van der Waals surface area contributed by atoms with Crippen LogP contribution in [0.3, 0.4) is 0 Å². The van der Waals surface area contributed by atoms with E-state index in [0.717, 1.165) is 25.2 Å². The topological polar surface area (TPSA) is 38.7 Å². The predicted octanol–water partition coefficient (Wildman–Crippen LogP) is 3.39. The van der Waals surface area contributed by atoms with Gasteiger partial charge >= 0.3 is 0 Å². The van der Waals surface area contributed by atoms with E-state index < -0.39 is 0 Å². The molecule has 0 fully saturated rings. The molecule has 2 aromatic carbocycles. The first-order valence-electron chi connectivity index (χ1n) is 7.03. The Morgan fingerprint density at radius 3 is 2.95 bits per heavy atom. The van der Waals surface area contributed by atoms with Gasteiger partial charge in [0.05, 0.1) is 19.8 Å². The van der Waals surface area contributed by atoms with E-state index in [9.17, 15) is 5.11 Å². The van der Waals surface area contributed by atoms with Crippen LogP contribution in [0, 0.1) is 0 Å². The smallest absolute Gasteiger partial charge is 0.124 e. The molecule has 0 unspecified atom stereocenters. The summed E-state index contributed by atoms with van der Waals surface area (Å²) in [6.45, 7) is 1.26. The largest absolute Gasteiger partial charge is 0.493 e. The first-order valence-corrected chi connectivity index (χ1v) is 7.41. The Hall–Kier alpha value is -1.71. The van der Waals surface area contributed by atoms with E-state index in [1.54, 1.807) is 18.2 Å². The quantitative estimate of drug-likeness (QED) is 0.920. The van der Waals surface area contributed by atoms with Gasteiger partial charge in [0.15, 0.2) is 0 Å². The van der Waals surface area contributed by atoms with E-state index in [-0.39, 0.29) is 6.61 Å². The third kappa shape index (κ3) is 3.31. The second-order valence-electron chi connectivity index (χ2n) is 5.05. The van der Waals surface area contributed by atoms with Crippen LogP contribution < -0.4 is 9.47 Å². The van der Waals surface area contributed by atoms with Crippen LogP contribution in [0.1, 0.15) is 16.7 Å². The average molecular weight is 305 g/mol. The number of hydrogen-bond donors (Lipinski definition) is 1. The van der Waals surface area contributed by atoms with Crippen molar-refractivity contribution in [2.45, 2.75) is 19.4 Å². The summed E-state index contributed by atoms with van der Waals surface area (Å²) < 4.78 is 11.3. The highest BCUT2D eigenvalue weighted by Gasteiger charge is 2.12. The fraction of sp³-hybridized carbons (Fsp3) is 0.294. The fourth-order valence-electron chi connectivity index (χ4n) is 2.49. The van der Waals surface area contributed by atoms with Crippen molar-refractivity contribution in [3.63, 3.8) is 0 Å². The SMILES string of the molecule is OCc1cc(Cl)ccc1OCCc1ccc2c(c1)CCO2. The highest BCUT2D eigenvalue weighted by Crippen LogP contribution is 2.26. The lowest BCUT2D eigenvalue weighted by Crippen LogP contribution is -2.03. The van der Waals surface area contributed by atoms with E-state index in [2.05, 4.69) is 12.1 Å². The highest BCUT2D eigenvalue weighted by atomic mass is 35.5. The van der Waals surface area contributed by atoms with Gasteiger partial charge in [-0.3, -0.25) is 0 Å². The molecule has 3 nitrogen and oxygen atoms in total. The van der Waals surface area contributed by atoms with E-state index in [1.807, 2.05) is 6.07 Å². The number of hydrogen-bond acceptors (Lipinski definition) is 3. The molecule has 0 spiro atoms. The van der Waals surface area contributed by atoms with Crippen LogP contribution in [-0.2, 0) is 19.4 Å². The molecule has 0 radical (unpaired) electrons. The predicted molar refractivity (Wildman–Crippen MR) is 82.2 cm³/mol. The van der Waals surface area contributed by atoms with Crippen molar-refractivity contribution in [2.24, 2.45) is 0 Å². The zero-order chi connectivity index (χ0) is 14.7. The van der Waals surface area contributed by atoms with Gasteiger partial charge in [-0.25, -0.2) is 0 Å². The monoisotopic (exact) mass is 304 g/mol. The molecule has 0 bridgehead atoms. The van der Waals surface area contributed by atoms with E-state index in [4.69, 9.17) is 21.1 Å². The van der Waals surface area contributed by atoms with Gasteiger partial charge in [-0.15, -0.1) is 0 Å². The molecule has 0 aromatic heterocycles. The molecule has 1 aliphatic rings. The normalized spacial score (nSPS) is 12.9. The third-order valence-corrected chi connectivity index (χ3v) is 3.83. The molecule has 110 valence electrons. The van der Waals surface area contributed by atoms with Crippen LogP contribution in [0.25, 0.3) is 0 Å². The van der Waals surface area contributed by atoms with Gasteiger partial charge in [0.25, 0.3) is 0 Å². The number of benzene rings is 2. The molecule has 21 heavy (non-hydrogen) atoms. The van der Waals surface area contributed by atoms with Crippen LogP contribution in [0.4, 0.5) is 0 Å². The maximum Gasteiger partial charge on any atom is 0.124 e. The van der Waals surface area contributed by atoms with Crippen LogP contribution in [0.5, 0.6) is 11.5 Å². The van der Waals surface area contributed by atoms with E-state index in [1.165, 1.54) is 11.1 Å². The summed E-state index contributed by atoms with van der Waals surface area (Å²) >= 11 is 5.90. The van der Waals surface area contributed by atoms with Crippen molar-refractivity contribution >= 4 is 11.6 Å². The Morgan fingerprint density at radius 1 is 1.19 bits per heavy atom. The highest BCUT2D eigenvalue weighted by molar-refractivity contribution is 6.30. The minimum atomic E-state index is -0.0773. The molecule has 1 N–H and O–H groups in total. The van der Waals surface area contributed by atoms with E-state index in [0.29, 0.717) is 22.9 Å². The van der Waals surface area contributed by atoms with Gasteiger partial charge in [0.2, 0.25) is 0 Å². The summed E-state index contributed by atoms with van der Waals surface area (Å²) in [7, 11) is 0. The average Bonchev–Trinajstić information content (AvgIpc) is 2.96. The zero-order valence-corrected chi connectivity index (χ0v) is 12.4. The van der Waals surface area contributed by atoms with Crippen LogP contribution in [-0.4, -0.2) is 18.3 Å². The molecule has 0 amide bonds. The molecule has 0 saturated heterocycles. The van der Waals surface area contributed by atoms with Crippen LogP contribution in [0.15, 0.2) is 36.4 Å². The first-order chi connectivity index (χ1) is 10.3. The van der Waals surface area contributed by atoms with Crippen molar-refractivity contribution in [1.82, 2.24) is 0 Å². The molecule has 1 aliphatic heterocycles. The number of aliphatic hydroxyl groups is 1. The summed E-state index contributed by atoms with van der Waals surface area (Å²) in [5, 5.41) is 9.91. The Balaban J connectivity index is 1.61. The first kappa shape index (κ1) is 14.2. The van der Waals surface area contributed by atoms with Crippen molar-refractivity contribution in [1.29, 1.82) is 0 Å². The second-order valence-corrected chi connectivity index (χ2v) is 5.49. The summed E-state index contributed by atoms with van der Waals surface area (Å²) in [5.74, 6) is 1.69. The van der Waals surface area contributed by atoms with E-state index >= 15 is 0 Å². The van der Waals surface area contributed by atoms with Gasteiger partial charge in [-0.05, 0) is 35.4 Å². The zero-order valence-electron chi connectivity index (χ0n) is 11.6. The number of rotatable bonds is 5. The van der Waals surface area contributed by atoms with Crippen LogP contribution >= 0.6 is 11.6 Å². The lowest BCUT2D eigenvalue weighted by molar-refractivity contribution is 0.264. The molecule has 0 saturated carbocycles. The Bertz CT molecular complexity index is 640. The summed E-state index contributed by atoms with van der Waals surface area (Å²) in [6.07, 6.45) is 1.80. The number of halogens is 1.